The number of nitrogens with zero attached hydrogens (tertiary/aromatic N) is 3. The largest absolute Gasteiger partial charge is 0.497 e. The third kappa shape index (κ3) is 4.48. The van der Waals surface area contributed by atoms with Gasteiger partial charge in [-0.1, -0.05) is 37.3 Å². The zero-order valence-corrected chi connectivity index (χ0v) is 19.4. The third-order valence-corrected chi connectivity index (χ3v) is 6.84. The lowest BCUT2D eigenvalue weighted by Gasteiger charge is -2.48. The first kappa shape index (κ1) is 21.9. The summed E-state index contributed by atoms with van der Waals surface area (Å²) in [6.07, 6.45) is 2.74. The van der Waals surface area contributed by atoms with Gasteiger partial charge in [0.05, 0.1) is 25.8 Å². The van der Waals surface area contributed by atoms with E-state index in [0.717, 1.165) is 49.0 Å². The molecule has 0 spiro atoms. The Balaban J connectivity index is 1.28. The van der Waals surface area contributed by atoms with Crippen molar-refractivity contribution < 1.29 is 14.3 Å². The van der Waals surface area contributed by atoms with Gasteiger partial charge in [0.2, 0.25) is 0 Å². The fourth-order valence-electron chi connectivity index (χ4n) is 5.24. The summed E-state index contributed by atoms with van der Waals surface area (Å²) < 4.78 is 13.1. The Labute approximate surface area is 194 Å². The lowest BCUT2D eigenvalue weighted by Crippen LogP contribution is -2.60. The zero-order chi connectivity index (χ0) is 22.8. The molecule has 3 heterocycles. The maximum atomic E-state index is 13.3. The van der Waals surface area contributed by atoms with Crippen LogP contribution in [0.25, 0.3) is 10.9 Å². The van der Waals surface area contributed by atoms with Crippen molar-refractivity contribution in [2.45, 2.75) is 57.4 Å². The van der Waals surface area contributed by atoms with Gasteiger partial charge in [-0.25, -0.2) is 0 Å². The number of aryl methyl sites for hydroxylation is 1. The fraction of sp³-hybridized carbons (Fsp3) is 0.462. The number of para-hydroxylation sites is 1. The van der Waals surface area contributed by atoms with Gasteiger partial charge in [-0.15, -0.1) is 0 Å². The van der Waals surface area contributed by atoms with E-state index in [4.69, 9.17) is 9.47 Å². The van der Waals surface area contributed by atoms with E-state index in [1.165, 1.54) is 5.56 Å². The zero-order valence-electron chi connectivity index (χ0n) is 19.4. The average molecular weight is 449 g/mol. The molecule has 2 aliphatic rings. The highest BCUT2D eigenvalue weighted by Gasteiger charge is 2.39. The maximum Gasteiger partial charge on any atom is 0.272 e. The second kappa shape index (κ2) is 9.53. The number of rotatable bonds is 7. The van der Waals surface area contributed by atoms with Gasteiger partial charge < -0.3 is 14.8 Å². The van der Waals surface area contributed by atoms with Crippen LogP contribution in [0.3, 0.4) is 0 Å². The average Bonchev–Trinajstić information content (AvgIpc) is 3.19. The molecule has 3 aromatic rings. The highest BCUT2D eigenvalue weighted by Crippen LogP contribution is 2.30. The van der Waals surface area contributed by atoms with E-state index in [1.807, 2.05) is 41.1 Å². The SMILES string of the molecule is CCCn1nc(C(=O)NC2CC3COCC(C2)N3Cc2ccc(OC)cc2)c2ccccc21. The van der Waals surface area contributed by atoms with Crippen molar-refractivity contribution in [2.75, 3.05) is 20.3 Å². The number of nitrogens with one attached hydrogen (secondary N) is 1. The number of aromatic nitrogens is 2. The summed E-state index contributed by atoms with van der Waals surface area (Å²) in [6.45, 7) is 5.21. The van der Waals surface area contributed by atoms with E-state index in [1.54, 1.807) is 7.11 Å². The number of amides is 1. The normalized spacial score (nSPS) is 22.9. The Morgan fingerprint density at radius 1 is 1.12 bits per heavy atom. The predicted octanol–water partition coefficient (Wildman–Crippen LogP) is 3.62. The summed E-state index contributed by atoms with van der Waals surface area (Å²) in [5, 5.41) is 8.88. The number of methoxy groups -OCH3 is 1. The van der Waals surface area contributed by atoms with Gasteiger partial charge >= 0.3 is 0 Å². The van der Waals surface area contributed by atoms with Gasteiger partial charge in [0.1, 0.15) is 5.75 Å². The lowest BCUT2D eigenvalue weighted by molar-refractivity contribution is -0.0843. The van der Waals surface area contributed by atoms with Crippen LogP contribution in [0.15, 0.2) is 48.5 Å². The quantitative estimate of drug-likeness (QED) is 0.598. The van der Waals surface area contributed by atoms with Crippen molar-refractivity contribution in [3.63, 3.8) is 0 Å². The summed E-state index contributed by atoms with van der Waals surface area (Å²) in [7, 11) is 1.69. The highest BCUT2D eigenvalue weighted by atomic mass is 16.5. The number of carbonyl (C=O) groups is 1. The molecule has 2 bridgehead atoms. The van der Waals surface area contributed by atoms with Crippen LogP contribution in [-0.4, -0.2) is 59.0 Å². The van der Waals surface area contributed by atoms with Crippen molar-refractivity contribution in [3.8, 4) is 5.75 Å². The molecular formula is C26H32N4O3. The number of piperidine rings is 1. The topological polar surface area (TPSA) is 68.6 Å². The summed E-state index contributed by atoms with van der Waals surface area (Å²) in [5.41, 5.74) is 2.81. The van der Waals surface area contributed by atoms with Crippen LogP contribution in [0, 0.1) is 0 Å². The predicted molar refractivity (Wildman–Crippen MR) is 127 cm³/mol. The summed E-state index contributed by atoms with van der Waals surface area (Å²) in [6, 6.07) is 17.0. The molecule has 174 valence electrons. The van der Waals surface area contributed by atoms with Gasteiger partial charge in [-0.05, 0) is 43.0 Å². The Morgan fingerprint density at radius 2 is 1.85 bits per heavy atom. The first-order chi connectivity index (χ1) is 16.2. The number of hydrogen-bond acceptors (Lipinski definition) is 5. The van der Waals surface area contributed by atoms with Crippen LogP contribution in [0.5, 0.6) is 5.75 Å². The highest BCUT2D eigenvalue weighted by molar-refractivity contribution is 6.05. The molecule has 5 rings (SSSR count). The summed E-state index contributed by atoms with van der Waals surface area (Å²) in [5.74, 6) is 0.797. The monoisotopic (exact) mass is 448 g/mol. The van der Waals surface area contributed by atoms with Gasteiger partial charge in [0, 0.05) is 36.6 Å². The van der Waals surface area contributed by atoms with E-state index in [9.17, 15) is 4.79 Å². The molecule has 2 aliphatic heterocycles. The fourth-order valence-corrected chi connectivity index (χ4v) is 5.24. The lowest BCUT2D eigenvalue weighted by atomic mass is 9.89. The Hall–Kier alpha value is -2.90. The third-order valence-electron chi connectivity index (χ3n) is 6.84. The van der Waals surface area contributed by atoms with Gasteiger partial charge in [0.25, 0.3) is 5.91 Å². The van der Waals surface area contributed by atoms with E-state index in [2.05, 4.69) is 34.4 Å². The molecule has 1 amide bonds. The van der Waals surface area contributed by atoms with Crippen LogP contribution in [-0.2, 0) is 17.8 Å². The molecule has 7 heteroatoms. The number of hydrogen-bond donors (Lipinski definition) is 1. The van der Waals surface area contributed by atoms with Crippen molar-refractivity contribution in [3.05, 3.63) is 59.8 Å². The van der Waals surface area contributed by atoms with Crippen LogP contribution in [0.4, 0.5) is 0 Å². The van der Waals surface area contributed by atoms with Crippen LogP contribution < -0.4 is 10.1 Å². The molecule has 0 aliphatic carbocycles. The van der Waals surface area contributed by atoms with Crippen LogP contribution in [0.2, 0.25) is 0 Å². The van der Waals surface area contributed by atoms with Gasteiger partial charge in [-0.2, -0.15) is 5.10 Å². The first-order valence-electron chi connectivity index (χ1n) is 11.9. The molecule has 2 fully saturated rings. The summed E-state index contributed by atoms with van der Waals surface area (Å²) in [4.78, 5) is 15.8. The molecular weight excluding hydrogens is 416 g/mol. The van der Waals surface area contributed by atoms with E-state index >= 15 is 0 Å². The number of ether oxygens (including phenoxy) is 2. The minimum atomic E-state index is -0.0753. The molecule has 2 atom stereocenters. The van der Waals surface area contributed by atoms with Crippen molar-refractivity contribution >= 4 is 16.8 Å². The van der Waals surface area contributed by atoms with Crippen LogP contribution >= 0.6 is 0 Å². The molecule has 1 aromatic heterocycles. The van der Waals surface area contributed by atoms with Gasteiger partial charge in [-0.3, -0.25) is 14.4 Å². The molecule has 1 N–H and O–H groups in total. The van der Waals surface area contributed by atoms with Crippen molar-refractivity contribution in [1.82, 2.24) is 20.0 Å². The molecule has 0 radical (unpaired) electrons. The minimum Gasteiger partial charge on any atom is -0.497 e. The smallest absolute Gasteiger partial charge is 0.272 e. The van der Waals surface area contributed by atoms with Crippen molar-refractivity contribution in [1.29, 1.82) is 0 Å². The van der Waals surface area contributed by atoms with E-state index in [-0.39, 0.29) is 11.9 Å². The molecule has 33 heavy (non-hydrogen) atoms. The second-order valence-corrected chi connectivity index (χ2v) is 9.10. The standard InChI is InChI=1S/C26H32N4O3/c1-3-12-30-24-7-5-4-6-23(24)25(28-30)26(31)27-19-13-20-16-33-17-21(14-19)29(20)15-18-8-10-22(32-2)11-9-18/h4-11,19-21H,3,12-17H2,1-2H3,(H,27,31). The molecule has 7 nitrogen and oxygen atoms in total. The van der Waals surface area contributed by atoms with Gasteiger partial charge in [0.15, 0.2) is 5.69 Å². The Kier molecular flexibility index (Phi) is 6.33. The Morgan fingerprint density at radius 3 is 2.55 bits per heavy atom. The second-order valence-electron chi connectivity index (χ2n) is 9.10. The number of fused-ring (bicyclic) bond motifs is 3. The molecule has 2 unspecified atom stereocenters. The Bertz CT molecular complexity index is 1100. The number of morpholine rings is 1. The maximum absolute atomic E-state index is 13.3. The van der Waals surface area contributed by atoms with E-state index in [0.29, 0.717) is 31.0 Å². The van der Waals surface area contributed by atoms with Crippen molar-refractivity contribution in [2.24, 2.45) is 0 Å². The number of benzene rings is 2. The number of carbonyl (C=O) groups excluding carboxylic acids is 1. The molecule has 2 saturated heterocycles. The molecule has 2 aromatic carbocycles. The van der Waals surface area contributed by atoms with E-state index < -0.39 is 0 Å². The molecule has 0 saturated carbocycles. The summed E-state index contributed by atoms with van der Waals surface area (Å²) >= 11 is 0. The minimum absolute atomic E-state index is 0.0753. The van der Waals surface area contributed by atoms with Crippen LogP contribution in [0.1, 0.15) is 42.2 Å². The first-order valence-corrected chi connectivity index (χ1v) is 11.9.